The number of hydrogen-bond donors (Lipinski definition) is 2. The number of rotatable bonds is 3. The second kappa shape index (κ2) is 8.34. The van der Waals surface area contributed by atoms with E-state index in [4.69, 9.17) is 22.4 Å². The van der Waals surface area contributed by atoms with Gasteiger partial charge in [-0.1, -0.05) is 32.0 Å². The molecule has 31 heavy (non-hydrogen) atoms. The van der Waals surface area contributed by atoms with Crippen LogP contribution in [0.2, 0.25) is 0 Å². The number of carbonyl (C=O) groups is 1. The number of thiocarbonyl (C=S) groups is 1. The minimum atomic E-state index is -0.0564. The van der Waals surface area contributed by atoms with Gasteiger partial charge >= 0.3 is 0 Å². The van der Waals surface area contributed by atoms with Crippen LogP contribution < -0.4 is 16.1 Å². The SMILES string of the molecule is Cc1c(C(=O)N2CCN(c3ccccc3)CC2)oc2c1/C(=N\NC(N)=S)CC(C)(C)C2. The number of nitrogens with zero attached hydrogens (tertiary/aromatic N) is 3. The van der Waals surface area contributed by atoms with Gasteiger partial charge in [-0.15, -0.1) is 0 Å². The molecule has 1 aliphatic carbocycles. The Kier molecular flexibility index (Phi) is 5.75. The Morgan fingerprint density at radius 3 is 2.48 bits per heavy atom. The van der Waals surface area contributed by atoms with E-state index in [1.54, 1.807) is 0 Å². The van der Waals surface area contributed by atoms with Crippen molar-refractivity contribution in [3.8, 4) is 0 Å². The Morgan fingerprint density at radius 1 is 1.16 bits per heavy atom. The van der Waals surface area contributed by atoms with Gasteiger partial charge in [0.2, 0.25) is 0 Å². The number of para-hydroxylation sites is 1. The summed E-state index contributed by atoms with van der Waals surface area (Å²) in [6, 6.07) is 10.3. The highest BCUT2D eigenvalue weighted by atomic mass is 32.1. The average molecular weight is 440 g/mol. The zero-order valence-corrected chi connectivity index (χ0v) is 19.1. The van der Waals surface area contributed by atoms with Crippen molar-refractivity contribution in [2.45, 2.75) is 33.6 Å². The Hall–Kier alpha value is -2.87. The summed E-state index contributed by atoms with van der Waals surface area (Å²) in [5, 5.41) is 4.53. The van der Waals surface area contributed by atoms with Crippen molar-refractivity contribution in [2.75, 3.05) is 31.1 Å². The molecule has 2 heterocycles. The second-order valence-corrected chi connectivity index (χ2v) is 9.46. The molecule has 1 amide bonds. The Balaban J connectivity index is 1.55. The first-order valence-electron chi connectivity index (χ1n) is 10.6. The van der Waals surface area contributed by atoms with Crippen molar-refractivity contribution in [1.29, 1.82) is 0 Å². The standard InChI is InChI=1S/C23H29N5O2S/c1-15-19-17(25-26-22(24)31)13-23(2,3)14-18(19)30-20(15)21(29)28-11-9-27(10-12-28)16-7-5-4-6-8-16/h4-8H,9-14H2,1-3H3,(H3,24,26,31)/b25-17-. The van der Waals surface area contributed by atoms with E-state index in [1.807, 2.05) is 30.0 Å². The number of benzene rings is 1. The maximum Gasteiger partial charge on any atom is 0.289 e. The predicted molar refractivity (Wildman–Crippen MR) is 127 cm³/mol. The van der Waals surface area contributed by atoms with E-state index in [0.717, 1.165) is 48.5 Å². The lowest BCUT2D eigenvalue weighted by Gasteiger charge is -2.35. The minimum Gasteiger partial charge on any atom is -0.455 e. The quantitative estimate of drug-likeness (QED) is 0.565. The number of fused-ring (bicyclic) bond motifs is 1. The number of hydrogen-bond acceptors (Lipinski definition) is 5. The van der Waals surface area contributed by atoms with Gasteiger partial charge in [0.1, 0.15) is 5.76 Å². The molecule has 1 saturated heterocycles. The van der Waals surface area contributed by atoms with Crippen LogP contribution in [-0.4, -0.2) is 47.8 Å². The summed E-state index contributed by atoms with van der Waals surface area (Å²) in [7, 11) is 0. The number of anilines is 1. The van der Waals surface area contributed by atoms with Crippen LogP contribution in [0.1, 0.15) is 47.7 Å². The van der Waals surface area contributed by atoms with E-state index in [1.165, 1.54) is 5.69 Å². The molecule has 1 aromatic heterocycles. The van der Waals surface area contributed by atoms with E-state index in [2.05, 4.69) is 41.4 Å². The van der Waals surface area contributed by atoms with Crippen molar-refractivity contribution in [3.05, 3.63) is 53.0 Å². The molecule has 0 atom stereocenters. The van der Waals surface area contributed by atoms with Gasteiger partial charge in [0.15, 0.2) is 10.9 Å². The van der Waals surface area contributed by atoms with Gasteiger partial charge in [0.25, 0.3) is 5.91 Å². The monoisotopic (exact) mass is 439 g/mol. The maximum atomic E-state index is 13.3. The lowest BCUT2D eigenvalue weighted by Crippen LogP contribution is -2.48. The Labute approximate surface area is 188 Å². The summed E-state index contributed by atoms with van der Waals surface area (Å²) >= 11 is 4.90. The number of amides is 1. The average Bonchev–Trinajstić information content (AvgIpc) is 3.07. The first-order valence-corrected chi connectivity index (χ1v) is 11.0. The fourth-order valence-corrected chi connectivity index (χ4v) is 4.53. The molecule has 0 spiro atoms. The summed E-state index contributed by atoms with van der Waals surface area (Å²) in [6.07, 6.45) is 1.50. The molecule has 0 saturated carbocycles. The molecule has 0 unspecified atom stereocenters. The molecule has 8 heteroatoms. The van der Waals surface area contributed by atoms with Crippen LogP contribution >= 0.6 is 12.2 Å². The summed E-state index contributed by atoms with van der Waals surface area (Å²) in [5.74, 6) is 1.17. The third kappa shape index (κ3) is 4.44. The molecular formula is C23H29N5O2S. The van der Waals surface area contributed by atoms with Crippen molar-refractivity contribution < 1.29 is 9.21 Å². The molecule has 0 radical (unpaired) electrons. The van der Waals surface area contributed by atoms with Crippen LogP contribution in [0.5, 0.6) is 0 Å². The molecule has 7 nitrogen and oxygen atoms in total. The molecule has 1 fully saturated rings. The molecule has 4 rings (SSSR count). The third-order valence-electron chi connectivity index (χ3n) is 5.98. The number of furan rings is 1. The van der Waals surface area contributed by atoms with Crippen molar-refractivity contribution >= 4 is 34.6 Å². The Morgan fingerprint density at radius 2 is 1.84 bits per heavy atom. The molecule has 0 bridgehead atoms. The Bertz CT molecular complexity index is 1020. The van der Waals surface area contributed by atoms with E-state index in [0.29, 0.717) is 18.8 Å². The van der Waals surface area contributed by atoms with Crippen molar-refractivity contribution in [3.63, 3.8) is 0 Å². The largest absolute Gasteiger partial charge is 0.455 e. The molecular weight excluding hydrogens is 410 g/mol. The molecule has 2 aromatic rings. The minimum absolute atomic E-state index is 0.0321. The zero-order valence-electron chi connectivity index (χ0n) is 18.3. The van der Waals surface area contributed by atoms with E-state index < -0.39 is 0 Å². The highest BCUT2D eigenvalue weighted by molar-refractivity contribution is 7.80. The maximum absolute atomic E-state index is 13.3. The van der Waals surface area contributed by atoms with Crippen LogP contribution in [-0.2, 0) is 6.42 Å². The van der Waals surface area contributed by atoms with Gasteiger partial charge in [-0.25, -0.2) is 0 Å². The molecule has 164 valence electrons. The highest BCUT2D eigenvalue weighted by Gasteiger charge is 2.37. The number of nitrogens with one attached hydrogen (secondary N) is 1. The summed E-state index contributed by atoms with van der Waals surface area (Å²) < 4.78 is 6.16. The molecule has 3 N–H and O–H groups in total. The third-order valence-corrected chi connectivity index (χ3v) is 6.07. The molecule has 1 aliphatic heterocycles. The lowest BCUT2D eigenvalue weighted by atomic mass is 9.75. The lowest BCUT2D eigenvalue weighted by molar-refractivity contribution is 0.0710. The van der Waals surface area contributed by atoms with Gasteiger partial charge in [0, 0.05) is 49.4 Å². The van der Waals surface area contributed by atoms with Crippen LogP contribution in [0.3, 0.4) is 0 Å². The normalized spacial score (nSPS) is 19.3. The summed E-state index contributed by atoms with van der Waals surface area (Å²) in [6.45, 7) is 9.18. The van der Waals surface area contributed by atoms with Gasteiger partial charge in [-0.2, -0.15) is 5.10 Å². The fraction of sp³-hybridized carbons (Fsp3) is 0.435. The number of hydrazone groups is 1. The van der Waals surface area contributed by atoms with Gasteiger partial charge in [0.05, 0.1) is 5.71 Å². The summed E-state index contributed by atoms with van der Waals surface area (Å²) in [5.41, 5.74) is 12.0. The van der Waals surface area contributed by atoms with Crippen LogP contribution in [0.15, 0.2) is 39.9 Å². The van der Waals surface area contributed by atoms with Gasteiger partial charge in [-0.3, -0.25) is 10.2 Å². The second-order valence-electron chi connectivity index (χ2n) is 9.02. The number of piperazine rings is 1. The molecule has 1 aromatic carbocycles. The topological polar surface area (TPSA) is 87.1 Å². The summed E-state index contributed by atoms with van der Waals surface area (Å²) in [4.78, 5) is 17.5. The molecule has 2 aliphatic rings. The predicted octanol–water partition coefficient (Wildman–Crippen LogP) is 3.06. The van der Waals surface area contributed by atoms with Crippen molar-refractivity contribution in [1.82, 2.24) is 10.3 Å². The first-order chi connectivity index (χ1) is 14.7. The van der Waals surface area contributed by atoms with Gasteiger partial charge in [-0.05, 0) is 43.1 Å². The van der Waals surface area contributed by atoms with E-state index in [-0.39, 0.29) is 16.4 Å². The van der Waals surface area contributed by atoms with E-state index in [9.17, 15) is 4.79 Å². The van der Waals surface area contributed by atoms with Crippen LogP contribution in [0, 0.1) is 12.3 Å². The van der Waals surface area contributed by atoms with Crippen LogP contribution in [0.25, 0.3) is 0 Å². The highest BCUT2D eigenvalue weighted by Crippen LogP contribution is 2.39. The number of nitrogens with two attached hydrogens (primary N) is 1. The van der Waals surface area contributed by atoms with Crippen molar-refractivity contribution in [2.24, 2.45) is 16.3 Å². The number of carbonyl (C=O) groups excluding carboxylic acids is 1. The van der Waals surface area contributed by atoms with Gasteiger partial charge < -0.3 is 20.0 Å². The zero-order chi connectivity index (χ0) is 22.2. The smallest absolute Gasteiger partial charge is 0.289 e. The fourth-order valence-electron chi connectivity index (χ4n) is 4.49. The first kappa shape index (κ1) is 21.4. The van der Waals surface area contributed by atoms with E-state index >= 15 is 0 Å². The van der Waals surface area contributed by atoms with Crippen LogP contribution in [0.4, 0.5) is 5.69 Å².